The highest BCUT2D eigenvalue weighted by atomic mass is 35.5. The van der Waals surface area contributed by atoms with E-state index in [4.69, 9.17) is 4.98 Å². The average molecular weight is 323 g/mol. The highest BCUT2D eigenvalue weighted by Gasteiger charge is 2.36. The van der Waals surface area contributed by atoms with Gasteiger partial charge in [-0.25, -0.2) is 4.98 Å². The van der Waals surface area contributed by atoms with Crippen LogP contribution in [0.1, 0.15) is 41.8 Å². The summed E-state index contributed by atoms with van der Waals surface area (Å²) in [6.45, 7) is 7.06. The number of halogens is 2. The normalized spacial score (nSPS) is 25.8. The Morgan fingerprint density at radius 1 is 1.32 bits per heavy atom. The molecule has 2 atom stereocenters. The molecule has 0 aromatic carbocycles. The second-order valence-electron chi connectivity index (χ2n) is 5.52. The third-order valence-electron chi connectivity index (χ3n) is 4.28. The maximum atomic E-state index is 4.71. The van der Waals surface area contributed by atoms with Crippen molar-refractivity contribution < 1.29 is 0 Å². The van der Waals surface area contributed by atoms with Crippen LogP contribution < -0.4 is 0 Å². The van der Waals surface area contributed by atoms with Crippen molar-refractivity contribution in [1.29, 1.82) is 0 Å². The van der Waals surface area contributed by atoms with Gasteiger partial charge in [-0.15, -0.1) is 36.2 Å². The number of rotatable bonds is 2. The Balaban J connectivity index is 0.000000902. The number of thiazole rings is 1. The summed E-state index contributed by atoms with van der Waals surface area (Å²) in [7, 11) is 0. The van der Waals surface area contributed by atoms with Gasteiger partial charge in [0.25, 0.3) is 0 Å². The lowest BCUT2D eigenvalue weighted by Crippen LogP contribution is -2.49. The second kappa shape index (κ2) is 7.26. The Labute approximate surface area is 132 Å². The molecule has 5 heteroatoms. The van der Waals surface area contributed by atoms with Crippen LogP contribution >= 0.6 is 36.2 Å². The van der Waals surface area contributed by atoms with Gasteiger partial charge in [-0.1, -0.05) is 6.92 Å². The minimum absolute atomic E-state index is 0. The van der Waals surface area contributed by atoms with Gasteiger partial charge >= 0.3 is 0 Å². The largest absolute Gasteiger partial charge is 0.300 e. The lowest BCUT2D eigenvalue weighted by molar-refractivity contribution is 0.0857. The summed E-state index contributed by atoms with van der Waals surface area (Å²) >= 11 is 1.93. The van der Waals surface area contributed by atoms with Crippen molar-refractivity contribution in [1.82, 2.24) is 9.88 Å². The molecule has 1 aromatic rings. The molecular formula is C14H24Cl2N2S. The average Bonchev–Trinajstić information content (AvgIpc) is 2.66. The summed E-state index contributed by atoms with van der Waals surface area (Å²) in [6, 6.07) is 0.816. The van der Waals surface area contributed by atoms with E-state index in [1.54, 1.807) is 4.88 Å². The Kier molecular flexibility index (Phi) is 6.58. The van der Waals surface area contributed by atoms with Crippen molar-refractivity contribution in [3.8, 4) is 0 Å². The zero-order valence-corrected chi connectivity index (χ0v) is 14.2. The van der Waals surface area contributed by atoms with Crippen molar-refractivity contribution >= 4 is 36.2 Å². The van der Waals surface area contributed by atoms with Crippen LogP contribution in [0.2, 0.25) is 0 Å². The van der Waals surface area contributed by atoms with E-state index in [9.17, 15) is 0 Å². The van der Waals surface area contributed by atoms with E-state index < -0.39 is 0 Å². The molecule has 0 bridgehead atoms. The first-order valence-electron chi connectivity index (χ1n) is 6.97. The van der Waals surface area contributed by atoms with Gasteiger partial charge in [0, 0.05) is 10.9 Å². The molecule has 0 N–H and O–H groups in total. The van der Waals surface area contributed by atoms with Crippen molar-refractivity contribution in [2.75, 3.05) is 13.1 Å². The van der Waals surface area contributed by atoms with E-state index in [2.05, 4.69) is 18.7 Å². The molecule has 0 unspecified atom stereocenters. The van der Waals surface area contributed by atoms with Crippen molar-refractivity contribution in [3.05, 3.63) is 15.6 Å². The smallest absolute Gasteiger partial charge is 0.0900 e. The predicted molar refractivity (Wildman–Crippen MR) is 87.1 cm³/mol. The van der Waals surface area contributed by atoms with Crippen LogP contribution in [0.5, 0.6) is 0 Å². The molecule has 0 radical (unpaired) electrons. The molecule has 1 saturated heterocycles. The number of fused-ring (bicyclic) bond motifs is 2. The lowest BCUT2D eigenvalue weighted by Gasteiger charge is -2.43. The van der Waals surface area contributed by atoms with Gasteiger partial charge < -0.3 is 0 Å². The summed E-state index contributed by atoms with van der Waals surface area (Å²) in [6.07, 6.45) is 6.61. The summed E-state index contributed by atoms with van der Waals surface area (Å²) in [5, 5.41) is 1.26. The molecule has 3 rings (SSSR count). The summed E-state index contributed by atoms with van der Waals surface area (Å²) in [4.78, 5) is 9.03. The molecule has 1 aliphatic heterocycles. The maximum absolute atomic E-state index is 4.71. The quantitative estimate of drug-likeness (QED) is 0.821. The van der Waals surface area contributed by atoms with Crippen molar-refractivity contribution in [2.45, 2.75) is 52.0 Å². The van der Waals surface area contributed by atoms with Crippen molar-refractivity contribution in [2.24, 2.45) is 5.92 Å². The summed E-state index contributed by atoms with van der Waals surface area (Å²) in [5.74, 6) is 0.879. The number of likely N-dealkylation sites (tertiary alicyclic amines) is 1. The van der Waals surface area contributed by atoms with Gasteiger partial charge in [-0.3, -0.25) is 4.90 Å². The fourth-order valence-corrected chi connectivity index (χ4v) is 4.59. The molecule has 19 heavy (non-hydrogen) atoms. The van der Waals surface area contributed by atoms with Gasteiger partial charge in [0.2, 0.25) is 0 Å². The van der Waals surface area contributed by atoms with E-state index >= 15 is 0 Å². The first kappa shape index (κ1) is 17.2. The van der Waals surface area contributed by atoms with Gasteiger partial charge in [0.15, 0.2) is 0 Å². The first-order chi connectivity index (χ1) is 8.28. The molecule has 0 amide bonds. The minimum Gasteiger partial charge on any atom is -0.300 e. The van der Waals surface area contributed by atoms with E-state index in [0.717, 1.165) is 12.0 Å². The summed E-state index contributed by atoms with van der Waals surface area (Å²) < 4.78 is 0. The molecule has 110 valence electrons. The Bertz CT molecular complexity index is 406. The van der Waals surface area contributed by atoms with Gasteiger partial charge in [0.05, 0.1) is 10.7 Å². The zero-order chi connectivity index (χ0) is 11.8. The molecule has 2 nitrogen and oxygen atoms in total. The molecule has 2 heterocycles. The van der Waals surface area contributed by atoms with Crippen LogP contribution in [0.15, 0.2) is 0 Å². The number of hydrogen-bond donors (Lipinski definition) is 0. The maximum Gasteiger partial charge on any atom is 0.0900 e. The fraction of sp³-hybridized carbons (Fsp3) is 0.786. The van der Waals surface area contributed by atoms with E-state index in [-0.39, 0.29) is 24.8 Å². The van der Waals surface area contributed by atoms with Crippen LogP contribution in [0.3, 0.4) is 0 Å². The van der Waals surface area contributed by atoms with Crippen LogP contribution in [0.25, 0.3) is 0 Å². The highest BCUT2D eigenvalue weighted by Crippen LogP contribution is 2.36. The van der Waals surface area contributed by atoms with Gasteiger partial charge in [-0.05, 0) is 58.0 Å². The molecule has 1 fully saturated rings. The zero-order valence-electron chi connectivity index (χ0n) is 11.7. The van der Waals surface area contributed by atoms with Gasteiger partial charge in [0.1, 0.15) is 0 Å². The monoisotopic (exact) mass is 322 g/mol. The Morgan fingerprint density at radius 3 is 2.84 bits per heavy atom. The number of hydrogen-bond acceptors (Lipinski definition) is 3. The first-order valence-corrected chi connectivity index (χ1v) is 7.78. The molecule has 2 aliphatic rings. The number of piperidine rings is 1. The van der Waals surface area contributed by atoms with Crippen LogP contribution in [0, 0.1) is 12.8 Å². The van der Waals surface area contributed by atoms with Crippen LogP contribution in [-0.4, -0.2) is 29.0 Å². The molecule has 1 aromatic heterocycles. The van der Waals surface area contributed by atoms with Crippen molar-refractivity contribution in [3.63, 3.8) is 0 Å². The minimum atomic E-state index is 0. The van der Waals surface area contributed by atoms with Crippen LogP contribution in [0.4, 0.5) is 0 Å². The van der Waals surface area contributed by atoms with Crippen LogP contribution in [-0.2, 0) is 12.8 Å². The highest BCUT2D eigenvalue weighted by molar-refractivity contribution is 7.11. The molecule has 0 saturated carbocycles. The SMILES string of the molecule is CCCN1CCC[C@@H]2Cc3nc(C)sc3C[C@H]21.Cl.Cl. The van der Waals surface area contributed by atoms with E-state index in [0.29, 0.717) is 0 Å². The number of aryl methyl sites for hydroxylation is 1. The predicted octanol–water partition coefficient (Wildman–Crippen LogP) is 3.88. The molecule has 1 aliphatic carbocycles. The third kappa shape index (κ3) is 3.44. The molecular weight excluding hydrogens is 299 g/mol. The van der Waals surface area contributed by atoms with E-state index in [1.807, 2.05) is 11.3 Å². The lowest BCUT2D eigenvalue weighted by atomic mass is 9.79. The standard InChI is InChI=1S/C14H22N2S.2ClH/c1-3-6-16-7-4-5-11-8-12-14(9-13(11)16)17-10(2)15-12;;/h11,13H,3-9H2,1-2H3;2*1H/t11-,13-;;/m1../s1. The Hall–Kier alpha value is 0.170. The number of nitrogens with zero attached hydrogens (tertiary/aromatic N) is 2. The van der Waals surface area contributed by atoms with E-state index in [1.165, 1.54) is 55.9 Å². The third-order valence-corrected chi connectivity index (χ3v) is 5.31. The van der Waals surface area contributed by atoms with Gasteiger partial charge in [-0.2, -0.15) is 0 Å². The summed E-state index contributed by atoms with van der Waals surface area (Å²) in [5.41, 5.74) is 1.42. The second-order valence-corrected chi connectivity index (χ2v) is 6.80. The topological polar surface area (TPSA) is 16.1 Å². The Morgan fingerprint density at radius 2 is 2.11 bits per heavy atom. The molecule has 0 spiro atoms. The number of aromatic nitrogens is 1. The fourth-order valence-electron chi connectivity index (χ4n) is 3.58.